The van der Waals surface area contributed by atoms with Crippen molar-refractivity contribution >= 4 is 21.9 Å². The molecule has 0 amide bonds. The predicted octanol–water partition coefficient (Wildman–Crippen LogP) is 4.98. The van der Waals surface area contributed by atoms with Gasteiger partial charge in [-0.1, -0.05) is 27.2 Å². The Morgan fingerprint density at radius 2 is 1.91 bits per heavy atom. The number of aryl methyl sites for hydroxylation is 2. The molecule has 4 rings (SSSR count). The summed E-state index contributed by atoms with van der Waals surface area (Å²) in [5, 5.41) is 8.15. The van der Waals surface area contributed by atoms with E-state index in [2.05, 4.69) is 31.2 Å². The van der Waals surface area contributed by atoms with Gasteiger partial charge in [-0.3, -0.25) is 0 Å². The Morgan fingerprint density at radius 1 is 1.12 bits per heavy atom. The van der Waals surface area contributed by atoms with Gasteiger partial charge in [-0.25, -0.2) is 14.5 Å². The van der Waals surface area contributed by atoms with E-state index in [1.54, 1.807) is 38.8 Å². The number of hydrogen-bond donors (Lipinski definition) is 0. The summed E-state index contributed by atoms with van der Waals surface area (Å²) in [6, 6.07) is 11.2. The summed E-state index contributed by atoms with van der Waals surface area (Å²) in [6.07, 6.45) is 0. The van der Waals surface area contributed by atoms with E-state index < -0.39 is 5.97 Å². The van der Waals surface area contributed by atoms with E-state index in [9.17, 15) is 4.79 Å². The molecule has 0 saturated heterocycles. The average molecular weight is 527 g/mol. The minimum absolute atomic E-state index is 0.0792. The zero-order valence-corrected chi connectivity index (χ0v) is 21.0. The molecule has 4 aromatic rings. The van der Waals surface area contributed by atoms with Crippen molar-refractivity contribution in [3.63, 3.8) is 0 Å². The van der Waals surface area contributed by atoms with Crippen molar-refractivity contribution < 1.29 is 23.4 Å². The summed E-state index contributed by atoms with van der Waals surface area (Å²) < 4.78 is 24.7. The van der Waals surface area contributed by atoms with Gasteiger partial charge in [0.1, 0.15) is 18.1 Å². The fraction of sp³-hybridized carbons (Fsp3) is 0.250. The molecular weight excluding hydrogens is 504 g/mol. The molecule has 0 fully saturated rings. The van der Waals surface area contributed by atoms with Crippen LogP contribution in [0, 0.1) is 20.8 Å². The smallest absolute Gasteiger partial charge is 0.361 e. The summed E-state index contributed by atoms with van der Waals surface area (Å²) in [5.41, 5.74) is 3.67. The molecule has 0 radical (unpaired) electrons. The molecule has 2 aromatic carbocycles. The number of oxazole rings is 1. The van der Waals surface area contributed by atoms with Crippen LogP contribution in [0.1, 0.15) is 33.2 Å². The molecule has 9 nitrogen and oxygen atoms in total. The van der Waals surface area contributed by atoms with E-state index >= 15 is 0 Å². The van der Waals surface area contributed by atoms with E-state index in [0.29, 0.717) is 40.1 Å². The number of nitrogens with zero attached hydrogens (tertiary/aromatic N) is 4. The van der Waals surface area contributed by atoms with Crippen molar-refractivity contribution in [1.82, 2.24) is 20.0 Å². The van der Waals surface area contributed by atoms with E-state index in [0.717, 1.165) is 15.7 Å². The number of para-hydroxylation sites is 1. The second-order valence-electron chi connectivity index (χ2n) is 7.51. The number of aromatic nitrogens is 4. The van der Waals surface area contributed by atoms with E-state index in [4.69, 9.17) is 18.6 Å². The molecule has 0 unspecified atom stereocenters. The third-order valence-electron chi connectivity index (χ3n) is 5.34. The van der Waals surface area contributed by atoms with Crippen molar-refractivity contribution in [3.05, 3.63) is 69.3 Å². The molecule has 0 saturated carbocycles. The molecule has 34 heavy (non-hydrogen) atoms. The fourth-order valence-corrected chi connectivity index (χ4v) is 3.71. The average Bonchev–Trinajstić information content (AvgIpc) is 3.40. The lowest BCUT2D eigenvalue weighted by Gasteiger charge is -2.09. The highest BCUT2D eigenvalue weighted by Gasteiger charge is 2.22. The van der Waals surface area contributed by atoms with Gasteiger partial charge in [0.25, 0.3) is 0 Å². The topological polar surface area (TPSA) is 102 Å². The second kappa shape index (κ2) is 9.68. The first-order valence-electron chi connectivity index (χ1n) is 10.4. The van der Waals surface area contributed by atoms with Crippen molar-refractivity contribution in [2.75, 3.05) is 14.2 Å². The number of ether oxygens (including phenoxy) is 3. The van der Waals surface area contributed by atoms with Crippen LogP contribution in [0.4, 0.5) is 0 Å². The van der Waals surface area contributed by atoms with E-state index in [-0.39, 0.29) is 12.3 Å². The second-order valence-corrected chi connectivity index (χ2v) is 8.36. The zero-order valence-electron chi connectivity index (χ0n) is 19.4. The number of rotatable bonds is 7. The first kappa shape index (κ1) is 23.5. The monoisotopic (exact) mass is 526 g/mol. The summed E-state index contributed by atoms with van der Waals surface area (Å²) in [7, 11) is 3.11. The Morgan fingerprint density at radius 3 is 2.62 bits per heavy atom. The minimum atomic E-state index is -0.597. The summed E-state index contributed by atoms with van der Waals surface area (Å²) in [5.74, 6) is 1.33. The van der Waals surface area contributed by atoms with Gasteiger partial charge in [0.2, 0.25) is 5.89 Å². The molecule has 0 aliphatic rings. The van der Waals surface area contributed by atoms with Crippen LogP contribution in [0.2, 0.25) is 0 Å². The lowest BCUT2D eigenvalue weighted by molar-refractivity contribution is 0.0459. The van der Waals surface area contributed by atoms with Crippen molar-refractivity contribution in [3.8, 4) is 28.6 Å². The highest BCUT2D eigenvalue weighted by molar-refractivity contribution is 9.10. The lowest BCUT2D eigenvalue weighted by Crippen LogP contribution is -2.09. The largest absolute Gasteiger partial charge is 0.493 e. The standard InChI is InChI=1S/C24H23BrN4O5/c1-13-11-16(9-10-18(13)25)29-14(2)21(27-28-29)24(30)33-12-19-15(3)34-23(26-19)17-7-6-8-20(31-4)22(17)32-5/h6-11H,12H2,1-5H3. The number of methoxy groups -OCH3 is 2. The van der Waals surface area contributed by atoms with Gasteiger partial charge >= 0.3 is 5.97 Å². The van der Waals surface area contributed by atoms with Crippen LogP contribution in [0.3, 0.4) is 0 Å². The van der Waals surface area contributed by atoms with Crippen LogP contribution in [0.15, 0.2) is 45.3 Å². The maximum absolute atomic E-state index is 12.7. The third-order valence-corrected chi connectivity index (χ3v) is 6.23. The fourth-order valence-electron chi connectivity index (χ4n) is 3.46. The molecule has 10 heteroatoms. The van der Waals surface area contributed by atoms with Crippen LogP contribution < -0.4 is 9.47 Å². The zero-order chi connectivity index (χ0) is 24.4. The molecule has 176 valence electrons. The van der Waals surface area contributed by atoms with Gasteiger partial charge in [0, 0.05) is 4.47 Å². The number of carbonyl (C=O) groups excluding carboxylic acids is 1. The Hall–Kier alpha value is -3.66. The van der Waals surface area contributed by atoms with Crippen LogP contribution in [-0.4, -0.2) is 40.2 Å². The normalized spacial score (nSPS) is 10.9. The van der Waals surface area contributed by atoms with Crippen molar-refractivity contribution in [1.29, 1.82) is 0 Å². The molecule has 0 spiro atoms. The summed E-state index contributed by atoms with van der Waals surface area (Å²) >= 11 is 3.48. The van der Waals surface area contributed by atoms with Gasteiger partial charge in [0.15, 0.2) is 17.2 Å². The van der Waals surface area contributed by atoms with Gasteiger partial charge < -0.3 is 18.6 Å². The first-order chi connectivity index (χ1) is 16.3. The highest BCUT2D eigenvalue weighted by Crippen LogP contribution is 2.38. The molecule has 0 bridgehead atoms. The van der Waals surface area contributed by atoms with E-state index in [1.165, 1.54) is 0 Å². The maximum Gasteiger partial charge on any atom is 0.361 e. The first-order valence-corrected chi connectivity index (χ1v) is 11.2. The van der Waals surface area contributed by atoms with Crippen molar-refractivity contribution in [2.24, 2.45) is 0 Å². The Labute approximate surface area is 204 Å². The lowest BCUT2D eigenvalue weighted by atomic mass is 10.2. The molecule has 2 aromatic heterocycles. The van der Waals surface area contributed by atoms with Crippen LogP contribution in [0.5, 0.6) is 11.5 Å². The van der Waals surface area contributed by atoms with Crippen LogP contribution >= 0.6 is 15.9 Å². The number of carbonyl (C=O) groups is 1. The third kappa shape index (κ3) is 4.41. The number of halogens is 1. The number of hydrogen-bond acceptors (Lipinski definition) is 8. The maximum atomic E-state index is 12.7. The van der Waals surface area contributed by atoms with Crippen LogP contribution in [0.25, 0.3) is 17.1 Å². The summed E-state index contributed by atoms with van der Waals surface area (Å²) in [6.45, 7) is 5.42. The van der Waals surface area contributed by atoms with Crippen LogP contribution in [-0.2, 0) is 11.3 Å². The molecule has 2 heterocycles. The van der Waals surface area contributed by atoms with Gasteiger partial charge in [-0.15, -0.1) is 5.10 Å². The SMILES string of the molecule is COc1cccc(-c2nc(COC(=O)c3nnn(-c4ccc(Br)c(C)c4)c3C)c(C)o2)c1OC. The quantitative estimate of drug-likeness (QED) is 0.310. The Bertz CT molecular complexity index is 1360. The van der Waals surface area contributed by atoms with Gasteiger partial charge in [-0.2, -0.15) is 0 Å². The van der Waals surface area contributed by atoms with Gasteiger partial charge in [-0.05, 0) is 56.7 Å². The number of esters is 1. The predicted molar refractivity (Wildman–Crippen MR) is 127 cm³/mol. The highest BCUT2D eigenvalue weighted by atomic mass is 79.9. The molecule has 0 atom stereocenters. The Balaban J connectivity index is 1.52. The summed E-state index contributed by atoms with van der Waals surface area (Å²) in [4.78, 5) is 17.2. The molecule has 0 N–H and O–H groups in total. The van der Waals surface area contributed by atoms with Gasteiger partial charge in [0.05, 0.1) is 31.2 Å². The number of benzene rings is 2. The molecule has 0 aliphatic carbocycles. The molecular formula is C24H23BrN4O5. The van der Waals surface area contributed by atoms with E-state index in [1.807, 2.05) is 37.3 Å². The minimum Gasteiger partial charge on any atom is -0.493 e. The van der Waals surface area contributed by atoms with Crippen molar-refractivity contribution in [2.45, 2.75) is 27.4 Å². The molecule has 0 aliphatic heterocycles. The Kier molecular flexibility index (Phi) is 6.69.